The van der Waals surface area contributed by atoms with Crippen LogP contribution in [0.2, 0.25) is 0 Å². The molecule has 0 saturated heterocycles. The fraction of sp³-hybridized carbons (Fsp3) is 0.625. The fourth-order valence-electron chi connectivity index (χ4n) is 1.00. The highest BCUT2D eigenvalue weighted by Gasteiger charge is 2.23. The van der Waals surface area contributed by atoms with Crippen molar-refractivity contribution >= 4 is 18.0 Å². The molecule has 0 aromatic rings. The van der Waals surface area contributed by atoms with Gasteiger partial charge in [0, 0.05) is 13.6 Å². The van der Waals surface area contributed by atoms with Gasteiger partial charge in [0.1, 0.15) is 5.71 Å². The third-order valence-electron chi connectivity index (χ3n) is 1.80. The summed E-state index contributed by atoms with van der Waals surface area (Å²) in [6, 6.07) is -0.583. The zero-order valence-corrected chi connectivity index (χ0v) is 8.61. The molecular weight excluding hydrogens is 184 g/mol. The predicted octanol–water partition coefficient (Wildman–Crippen LogP) is -0.440. The number of carbonyl (C=O) groups is 1. The first-order valence-electron chi connectivity index (χ1n) is 4.09. The number of hydrogen-bond acceptors (Lipinski definition) is 4. The van der Waals surface area contributed by atoms with E-state index in [9.17, 15) is 4.79 Å². The van der Waals surface area contributed by atoms with E-state index in [2.05, 4.69) is 0 Å². The SMILES string of the molecule is CN(C)CC(C(=N)C(=O)O)N(C)C=N. The van der Waals surface area contributed by atoms with Crippen molar-refractivity contribution in [2.45, 2.75) is 6.04 Å². The summed E-state index contributed by atoms with van der Waals surface area (Å²) in [5, 5.41) is 23.0. The lowest BCUT2D eigenvalue weighted by atomic mass is 10.1. The smallest absolute Gasteiger partial charge is 0.351 e. The van der Waals surface area contributed by atoms with E-state index in [4.69, 9.17) is 15.9 Å². The minimum Gasteiger partial charge on any atom is -0.477 e. The van der Waals surface area contributed by atoms with Gasteiger partial charge >= 0.3 is 5.97 Å². The summed E-state index contributed by atoms with van der Waals surface area (Å²) >= 11 is 0. The molecule has 6 nitrogen and oxygen atoms in total. The van der Waals surface area contributed by atoms with Crippen LogP contribution in [0.5, 0.6) is 0 Å². The lowest BCUT2D eigenvalue weighted by Crippen LogP contribution is -2.47. The normalized spacial score (nSPS) is 12.3. The maximum atomic E-state index is 10.6. The van der Waals surface area contributed by atoms with Gasteiger partial charge in [0.25, 0.3) is 0 Å². The zero-order valence-electron chi connectivity index (χ0n) is 8.61. The molecule has 3 N–H and O–H groups in total. The van der Waals surface area contributed by atoms with Gasteiger partial charge in [0.2, 0.25) is 0 Å². The van der Waals surface area contributed by atoms with Crippen LogP contribution in [-0.4, -0.2) is 66.7 Å². The Balaban J connectivity index is 4.62. The Morgan fingerprint density at radius 3 is 2.29 bits per heavy atom. The van der Waals surface area contributed by atoms with Crippen LogP contribution in [0, 0.1) is 10.8 Å². The summed E-state index contributed by atoms with van der Waals surface area (Å²) in [5.41, 5.74) is -0.398. The Morgan fingerprint density at radius 2 is 2.00 bits per heavy atom. The molecule has 1 atom stereocenters. The molecule has 0 aromatic heterocycles. The van der Waals surface area contributed by atoms with E-state index >= 15 is 0 Å². The first-order chi connectivity index (χ1) is 6.40. The van der Waals surface area contributed by atoms with Crippen LogP contribution >= 0.6 is 0 Å². The third-order valence-corrected chi connectivity index (χ3v) is 1.80. The second kappa shape index (κ2) is 5.33. The number of rotatable bonds is 6. The van der Waals surface area contributed by atoms with Crippen molar-refractivity contribution in [3.05, 3.63) is 0 Å². The van der Waals surface area contributed by atoms with Gasteiger partial charge in [-0.1, -0.05) is 0 Å². The van der Waals surface area contributed by atoms with Gasteiger partial charge in [-0.15, -0.1) is 0 Å². The summed E-state index contributed by atoms with van der Waals surface area (Å²) in [6.45, 7) is 0.400. The predicted molar refractivity (Wildman–Crippen MR) is 54.3 cm³/mol. The van der Waals surface area contributed by atoms with E-state index in [0.29, 0.717) is 6.54 Å². The van der Waals surface area contributed by atoms with Crippen molar-refractivity contribution in [1.82, 2.24) is 9.80 Å². The van der Waals surface area contributed by atoms with Crippen LogP contribution in [0.4, 0.5) is 0 Å². The molecule has 0 saturated carbocycles. The molecule has 0 heterocycles. The van der Waals surface area contributed by atoms with Crippen molar-refractivity contribution < 1.29 is 9.90 Å². The quantitative estimate of drug-likeness (QED) is 0.400. The summed E-state index contributed by atoms with van der Waals surface area (Å²) < 4.78 is 0. The number of nitrogens with zero attached hydrogens (tertiary/aromatic N) is 2. The molecule has 80 valence electrons. The van der Waals surface area contributed by atoms with Crippen molar-refractivity contribution in [3.63, 3.8) is 0 Å². The Kier molecular flexibility index (Phi) is 4.79. The zero-order chi connectivity index (χ0) is 11.3. The lowest BCUT2D eigenvalue weighted by molar-refractivity contribution is -0.129. The summed E-state index contributed by atoms with van der Waals surface area (Å²) in [6.07, 6.45) is 1.02. The molecule has 0 aliphatic carbocycles. The molecule has 0 spiro atoms. The number of carboxylic acid groups (broad SMARTS) is 1. The van der Waals surface area contributed by atoms with Crippen molar-refractivity contribution in [2.24, 2.45) is 0 Å². The minimum absolute atomic E-state index is 0.398. The molecule has 0 rings (SSSR count). The molecule has 0 aliphatic heterocycles. The van der Waals surface area contributed by atoms with Crippen LogP contribution in [-0.2, 0) is 4.79 Å². The number of carboxylic acids is 1. The highest BCUT2D eigenvalue weighted by Crippen LogP contribution is 1.98. The monoisotopic (exact) mass is 200 g/mol. The molecule has 0 aliphatic rings. The maximum Gasteiger partial charge on any atom is 0.351 e. The average Bonchev–Trinajstić information content (AvgIpc) is 2.11. The summed E-state index contributed by atoms with van der Waals surface area (Å²) in [7, 11) is 5.17. The first kappa shape index (κ1) is 12.6. The third kappa shape index (κ3) is 3.53. The average molecular weight is 200 g/mol. The van der Waals surface area contributed by atoms with Gasteiger partial charge in [-0.05, 0) is 14.1 Å². The molecule has 14 heavy (non-hydrogen) atoms. The van der Waals surface area contributed by atoms with Crippen LogP contribution in [0.25, 0.3) is 0 Å². The second-order valence-corrected chi connectivity index (χ2v) is 3.29. The highest BCUT2D eigenvalue weighted by atomic mass is 16.4. The Hall–Kier alpha value is -1.43. The van der Waals surface area contributed by atoms with Crippen LogP contribution in [0.3, 0.4) is 0 Å². The number of nitrogens with one attached hydrogen (secondary N) is 2. The van der Waals surface area contributed by atoms with Crippen molar-refractivity contribution in [1.29, 1.82) is 10.8 Å². The number of hydrogen-bond donors (Lipinski definition) is 3. The van der Waals surface area contributed by atoms with Gasteiger partial charge in [-0.3, -0.25) is 10.8 Å². The largest absolute Gasteiger partial charge is 0.477 e. The van der Waals surface area contributed by atoms with Crippen LogP contribution in [0.1, 0.15) is 0 Å². The molecule has 0 fully saturated rings. The minimum atomic E-state index is -1.24. The van der Waals surface area contributed by atoms with E-state index in [1.54, 1.807) is 26.0 Å². The molecule has 0 aromatic carbocycles. The second-order valence-electron chi connectivity index (χ2n) is 3.29. The van der Waals surface area contributed by atoms with Gasteiger partial charge in [-0.25, -0.2) is 4.79 Å². The van der Waals surface area contributed by atoms with Gasteiger partial charge < -0.3 is 14.9 Å². The molecule has 0 radical (unpaired) electrons. The van der Waals surface area contributed by atoms with E-state index in [-0.39, 0.29) is 0 Å². The Morgan fingerprint density at radius 1 is 1.50 bits per heavy atom. The van der Waals surface area contributed by atoms with Crippen molar-refractivity contribution in [3.8, 4) is 0 Å². The van der Waals surface area contributed by atoms with E-state index < -0.39 is 17.7 Å². The maximum absolute atomic E-state index is 10.6. The molecule has 1 unspecified atom stereocenters. The van der Waals surface area contributed by atoms with E-state index in [1.165, 1.54) is 4.90 Å². The van der Waals surface area contributed by atoms with Crippen molar-refractivity contribution in [2.75, 3.05) is 27.7 Å². The molecular formula is C8H16N4O2. The summed E-state index contributed by atoms with van der Waals surface area (Å²) in [5.74, 6) is -1.24. The number of aliphatic carboxylic acids is 1. The van der Waals surface area contributed by atoms with Crippen LogP contribution < -0.4 is 0 Å². The van der Waals surface area contributed by atoms with E-state index in [1.807, 2.05) is 0 Å². The Bertz CT molecular complexity index is 239. The highest BCUT2D eigenvalue weighted by molar-refractivity contribution is 6.36. The number of likely N-dealkylation sites (N-methyl/N-ethyl adjacent to an activating group) is 2. The molecule has 0 amide bonds. The van der Waals surface area contributed by atoms with E-state index in [0.717, 1.165) is 6.34 Å². The Labute approximate surface area is 83.1 Å². The first-order valence-corrected chi connectivity index (χ1v) is 4.09. The van der Waals surface area contributed by atoms with Gasteiger partial charge in [0.15, 0.2) is 0 Å². The standard InChI is InChI=1S/C8H16N4O2/c1-11(2)4-6(12(3)5-9)7(10)8(13)14/h5-6,9-10H,4H2,1-3H3,(H,13,14). The lowest BCUT2D eigenvalue weighted by Gasteiger charge is -2.27. The van der Waals surface area contributed by atoms with Gasteiger partial charge in [0.05, 0.1) is 12.4 Å². The summed E-state index contributed by atoms with van der Waals surface area (Å²) in [4.78, 5) is 13.8. The van der Waals surface area contributed by atoms with Gasteiger partial charge in [-0.2, -0.15) is 0 Å². The van der Waals surface area contributed by atoms with Crippen LogP contribution in [0.15, 0.2) is 0 Å². The fourth-order valence-corrected chi connectivity index (χ4v) is 1.00. The molecule has 6 heteroatoms. The topological polar surface area (TPSA) is 91.5 Å². The molecule has 0 bridgehead atoms.